The average molecular weight is 276 g/mol. The number of fused-ring (bicyclic) bond motifs is 1. The Labute approximate surface area is 113 Å². The normalized spacial score (nSPS) is 11.9. The molecule has 3 aromatic rings. The van der Waals surface area contributed by atoms with E-state index in [-0.39, 0.29) is 12.1 Å². The molecular formula is C15H11F3N2. The van der Waals surface area contributed by atoms with Gasteiger partial charge in [0.25, 0.3) is 0 Å². The number of rotatable bonds is 2. The maximum Gasteiger partial charge on any atom is 0.435 e. The van der Waals surface area contributed by atoms with Gasteiger partial charge in [-0.15, -0.1) is 0 Å². The van der Waals surface area contributed by atoms with Crippen molar-refractivity contribution in [3.8, 4) is 0 Å². The zero-order valence-electron chi connectivity index (χ0n) is 10.4. The fourth-order valence-corrected chi connectivity index (χ4v) is 2.23. The Morgan fingerprint density at radius 2 is 1.65 bits per heavy atom. The van der Waals surface area contributed by atoms with E-state index in [1.165, 1.54) is 4.40 Å². The number of alkyl halides is 3. The van der Waals surface area contributed by atoms with Crippen LogP contribution in [-0.2, 0) is 12.6 Å². The number of aromatic nitrogens is 2. The van der Waals surface area contributed by atoms with Gasteiger partial charge in [0.2, 0.25) is 0 Å². The van der Waals surface area contributed by atoms with E-state index in [1.54, 1.807) is 24.4 Å². The van der Waals surface area contributed by atoms with Gasteiger partial charge in [-0.1, -0.05) is 36.4 Å². The van der Waals surface area contributed by atoms with Crippen LogP contribution < -0.4 is 0 Å². The molecule has 0 unspecified atom stereocenters. The van der Waals surface area contributed by atoms with E-state index in [4.69, 9.17) is 0 Å². The molecule has 0 aliphatic carbocycles. The minimum absolute atomic E-state index is 0.166. The molecule has 0 spiro atoms. The third kappa shape index (κ3) is 2.27. The molecule has 2 nitrogen and oxygen atoms in total. The van der Waals surface area contributed by atoms with Gasteiger partial charge in [-0.05, 0) is 17.7 Å². The summed E-state index contributed by atoms with van der Waals surface area (Å²) in [5.41, 5.74) is 0.487. The monoisotopic (exact) mass is 276 g/mol. The Morgan fingerprint density at radius 1 is 0.950 bits per heavy atom. The molecule has 0 N–H and O–H groups in total. The highest BCUT2D eigenvalue weighted by molar-refractivity contribution is 5.45. The average Bonchev–Trinajstić information content (AvgIpc) is 2.79. The minimum atomic E-state index is -4.45. The van der Waals surface area contributed by atoms with E-state index in [0.29, 0.717) is 5.65 Å². The predicted octanol–water partition coefficient (Wildman–Crippen LogP) is 3.94. The van der Waals surface area contributed by atoms with Crippen molar-refractivity contribution in [2.75, 3.05) is 0 Å². The summed E-state index contributed by atoms with van der Waals surface area (Å²) in [5, 5.41) is 0. The third-order valence-corrected chi connectivity index (χ3v) is 3.11. The first-order valence-corrected chi connectivity index (χ1v) is 6.13. The Hall–Kier alpha value is -2.30. The largest absolute Gasteiger partial charge is 0.435 e. The highest BCUT2D eigenvalue weighted by Crippen LogP contribution is 2.32. The molecule has 20 heavy (non-hydrogen) atoms. The number of hydrogen-bond acceptors (Lipinski definition) is 1. The van der Waals surface area contributed by atoms with Crippen LogP contribution in [0.5, 0.6) is 0 Å². The summed E-state index contributed by atoms with van der Waals surface area (Å²) in [7, 11) is 0. The topological polar surface area (TPSA) is 17.3 Å². The summed E-state index contributed by atoms with van der Waals surface area (Å²) in [5.74, 6) is 0. The van der Waals surface area contributed by atoms with E-state index in [9.17, 15) is 13.2 Å². The molecule has 5 heteroatoms. The van der Waals surface area contributed by atoms with Crippen LogP contribution in [0.3, 0.4) is 0 Å². The summed E-state index contributed by atoms with van der Waals surface area (Å²) in [4.78, 5) is 3.72. The molecular weight excluding hydrogens is 265 g/mol. The number of halogens is 3. The lowest BCUT2D eigenvalue weighted by Gasteiger charge is -2.08. The molecule has 3 rings (SSSR count). The summed E-state index contributed by atoms with van der Waals surface area (Å²) >= 11 is 0. The van der Waals surface area contributed by atoms with Crippen molar-refractivity contribution < 1.29 is 13.2 Å². The van der Waals surface area contributed by atoms with Crippen molar-refractivity contribution in [1.29, 1.82) is 0 Å². The van der Waals surface area contributed by atoms with Crippen LogP contribution in [-0.4, -0.2) is 9.38 Å². The lowest BCUT2D eigenvalue weighted by Crippen LogP contribution is -2.10. The quantitative estimate of drug-likeness (QED) is 0.693. The summed E-state index contributed by atoms with van der Waals surface area (Å²) in [6, 6.07) is 14.0. The van der Waals surface area contributed by atoms with Crippen molar-refractivity contribution in [3.05, 3.63) is 71.7 Å². The molecule has 0 aliphatic rings. The number of hydrogen-bond donors (Lipinski definition) is 0. The van der Waals surface area contributed by atoms with Crippen molar-refractivity contribution in [2.24, 2.45) is 0 Å². The molecule has 0 saturated carbocycles. The fourth-order valence-electron chi connectivity index (χ4n) is 2.23. The first-order valence-electron chi connectivity index (χ1n) is 6.13. The predicted molar refractivity (Wildman–Crippen MR) is 69.4 cm³/mol. The van der Waals surface area contributed by atoms with Crippen molar-refractivity contribution in [3.63, 3.8) is 0 Å². The maximum atomic E-state index is 13.1. The lowest BCUT2D eigenvalue weighted by atomic mass is 10.1. The Kier molecular flexibility index (Phi) is 2.97. The smallest absolute Gasteiger partial charge is 0.303 e. The highest BCUT2D eigenvalue weighted by atomic mass is 19.4. The Bertz CT molecular complexity index is 730. The van der Waals surface area contributed by atoms with Gasteiger partial charge in [-0.2, -0.15) is 13.2 Å². The highest BCUT2D eigenvalue weighted by Gasteiger charge is 2.37. The van der Waals surface area contributed by atoms with E-state index >= 15 is 0 Å². The minimum Gasteiger partial charge on any atom is -0.303 e. The third-order valence-electron chi connectivity index (χ3n) is 3.11. The zero-order chi connectivity index (χ0) is 14.2. The van der Waals surface area contributed by atoms with Crippen LogP contribution in [0.25, 0.3) is 5.65 Å². The first-order chi connectivity index (χ1) is 9.55. The van der Waals surface area contributed by atoms with Gasteiger partial charge in [0.15, 0.2) is 5.69 Å². The second-order valence-electron chi connectivity index (χ2n) is 4.50. The van der Waals surface area contributed by atoms with Gasteiger partial charge in [0.1, 0.15) is 5.65 Å². The van der Waals surface area contributed by atoms with Gasteiger partial charge in [-0.3, -0.25) is 0 Å². The van der Waals surface area contributed by atoms with Crippen LogP contribution in [0.2, 0.25) is 0 Å². The van der Waals surface area contributed by atoms with E-state index in [2.05, 4.69) is 4.98 Å². The summed E-state index contributed by atoms with van der Waals surface area (Å²) < 4.78 is 40.8. The van der Waals surface area contributed by atoms with E-state index in [1.807, 2.05) is 30.3 Å². The Morgan fingerprint density at radius 3 is 2.35 bits per heavy atom. The second kappa shape index (κ2) is 4.67. The molecule has 0 bridgehead atoms. The molecule has 0 aliphatic heterocycles. The van der Waals surface area contributed by atoms with Gasteiger partial charge >= 0.3 is 6.18 Å². The zero-order valence-corrected chi connectivity index (χ0v) is 10.4. The Balaban J connectivity index is 2.16. The fraction of sp³-hybridized carbons (Fsp3) is 0.133. The number of nitrogens with zero attached hydrogens (tertiary/aromatic N) is 2. The van der Waals surface area contributed by atoms with Crippen molar-refractivity contribution in [1.82, 2.24) is 9.38 Å². The van der Waals surface area contributed by atoms with E-state index in [0.717, 1.165) is 5.56 Å². The molecule has 0 fully saturated rings. The summed E-state index contributed by atoms with van der Waals surface area (Å²) in [6.45, 7) is 0. The second-order valence-corrected chi connectivity index (χ2v) is 4.50. The molecule has 102 valence electrons. The number of benzene rings is 1. The first kappa shape index (κ1) is 12.7. The molecule has 0 atom stereocenters. The molecule has 0 saturated heterocycles. The van der Waals surface area contributed by atoms with Crippen LogP contribution in [0, 0.1) is 0 Å². The van der Waals surface area contributed by atoms with Crippen molar-refractivity contribution >= 4 is 5.65 Å². The van der Waals surface area contributed by atoms with Gasteiger partial charge in [-0.25, -0.2) is 4.98 Å². The lowest BCUT2D eigenvalue weighted by molar-refractivity contribution is -0.141. The molecule has 1 aromatic carbocycles. The molecule has 0 radical (unpaired) electrons. The van der Waals surface area contributed by atoms with Crippen LogP contribution in [0.1, 0.15) is 17.0 Å². The van der Waals surface area contributed by atoms with Crippen LogP contribution in [0.4, 0.5) is 13.2 Å². The van der Waals surface area contributed by atoms with Gasteiger partial charge < -0.3 is 4.40 Å². The summed E-state index contributed by atoms with van der Waals surface area (Å²) in [6.07, 6.45) is -2.65. The number of imidazole rings is 1. The van der Waals surface area contributed by atoms with Crippen LogP contribution >= 0.6 is 0 Å². The maximum absolute atomic E-state index is 13.1. The SMILES string of the molecule is FC(F)(F)c1nc2ccccn2c1Cc1ccccc1. The standard InChI is InChI=1S/C15H11F3N2/c16-15(17,18)14-12(10-11-6-2-1-3-7-11)20-9-5-4-8-13(20)19-14/h1-9H,10H2. The van der Waals surface area contributed by atoms with Gasteiger partial charge in [0, 0.05) is 12.6 Å². The van der Waals surface area contributed by atoms with E-state index < -0.39 is 11.9 Å². The molecule has 2 heterocycles. The van der Waals surface area contributed by atoms with Crippen LogP contribution in [0.15, 0.2) is 54.7 Å². The molecule has 0 amide bonds. The number of pyridine rings is 1. The van der Waals surface area contributed by atoms with Gasteiger partial charge in [0.05, 0.1) is 5.69 Å². The molecule has 2 aromatic heterocycles. The van der Waals surface area contributed by atoms with Crippen molar-refractivity contribution in [2.45, 2.75) is 12.6 Å².